The van der Waals surface area contributed by atoms with Gasteiger partial charge < -0.3 is 16.0 Å². The molecule has 0 fully saturated rings. The van der Waals surface area contributed by atoms with Crippen LogP contribution in [0.25, 0.3) is 21.6 Å². The van der Waals surface area contributed by atoms with Crippen LogP contribution in [0.5, 0.6) is 0 Å². The molecule has 6 nitrogen and oxygen atoms in total. The summed E-state index contributed by atoms with van der Waals surface area (Å²) >= 11 is 1.74. The second-order valence-electron chi connectivity index (χ2n) is 6.69. The zero-order valence-electron chi connectivity index (χ0n) is 14.2. The fourth-order valence-electron chi connectivity index (χ4n) is 2.48. The third-order valence-corrected chi connectivity index (χ3v) is 4.83. The van der Waals surface area contributed by atoms with Crippen LogP contribution in [0.15, 0.2) is 18.5 Å². The van der Waals surface area contributed by atoms with Crippen molar-refractivity contribution < 1.29 is 4.79 Å². The highest BCUT2D eigenvalue weighted by molar-refractivity contribution is 7.19. The summed E-state index contributed by atoms with van der Waals surface area (Å²) in [6, 6.07) is 2.11. The smallest absolute Gasteiger partial charge is 0.271 e. The molecule has 0 saturated heterocycles. The summed E-state index contributed by atoms with van der Waals surface area (Å²) in [6.45, 7) is 8.21. The van der Waals surface area contributed by atoms with Crippen molar-refractivity contribution in [3.8, 4) is 11.4 Å². The molecule has 3 rings (SSSR count). The van der Waals surface area contributed by atoms with E-state index in [1.807, 2.05) is 13.8 Å². The predicted octanol–water partition coefficient (Wildman–Crippen LogP) is 2.77. The molecule has 3 aromatic rings. The molecule has 3 aromatic heterocycles. The zero-order chi connectivity index (χ0) is 17.5. The molecule has 0 aliphatic rings. The third-order valence-electron chi connectivity index (χ3n) is 3.66. The van der Waals surface area contributed by atoms with Gasteiger partial charge in [0.1, 0.15) is 11.4 Å². The predicted molar refractivity (Wildman–Crippen MR) is 97.3 cm³/mol. The Kier molecular flexibility index (Phi) is 4.15. The normalized spacial score (nSPS) is 11.9. The fraction of sp³-hybridized carbons (Fsp3) is 0.353. The number of aromatic nitrogens is 3. The highest BCUT2D eigenvalue weighted by Crippen LogP contribution is 2.33. The van der Waals surface area contributed by atoms with E-state index < -0.39 is 5.54 Å². The lowest BCUT2D eigenvalue weighted by Crippen LogP contribution is -2.45. The largest absolute Gasteiger partial charge is 0.352 e. The maximum absolute atomic E-state index is 12.2. The van der Waals surface area contributed by atoms with Gasteiger partial charge in [-0.1, -0.05) is 0 Å². The first kappa shape index (κ1) is 16.6. The van der Waals surface area contributed by atoms with Gasteiger partial charge in [0.15, 0.2) is 0 Å². The lowest BCUT2D eigenvalue weighted by molar-refractivity contribution is 0.0940. The average molecular weight is 343 g/mol. The maximum atomic E-state index is 12.2. The number of H-pyrrole nitrogens is 1. The molecule has 7 heteroatoms. The number of aromatic amines is 1. The highest BCUT2D eigenvalue weighted by atomic mass is 32.1. The molecule has 0 atom stereocenters. The van der Waals surface area contributed by atoms with Crippen molar-refractivity contribution in [1.29, 1.82) is 0 Å². The second kappa shape index (κ2) is 5.99. The minimum absolute atomic E-state index is 0.273. The van der Waals surface area contributed by atoms with Gasteiger partial charge >= 0.3 is 0 Å². The number of aryl methyl sites for hydroxylation is 2. The van der Waals surface area contributed by atoms with Gasteiger partial charge in [0.2, 0.25) is 0 Å². The molecule has 0 aliphatic heterocycles. The van der Waals surface area contributed by atoms with E-state index in [1.54, 1.807) is 17.5 Å². The summed E-state index contributed by atoms with van der Waals surface area (Å²) in [6.07, 6.45) is 3.13. The Bertz CT molecular complexity index is 903. The molecule has 0 aliphatic carbocycles. The van der Waals surface area contributed by atoms with E-state index >= 15 is 0 Å². The van der Waals surface area contributed by atoms with Crippen molar-refractivity contribution in [3.05, 3.63) is 34.6 Å². The monoisotopic (exact) mass is 343 g/mol. The number of nitrogens with one attached hydrogen (secondary N) is 2. The Hall–Kier alpha value is -2.25. The number of thiophene rings is 1. The minimum atomic E-state index is -0.473. The van der Waals surface area contributed by atoms with Gasteiger partial charge in [0.25, 0.3) is 5.91 Å². The first-order chi connectivity index (χ1) is 11.2. The standard InChI is InChI=1S/C17H21N5OS/c1-9-5-11-15(24-9)10(2)14(22-11)12-6-19-7-13(21-12)16(23)20-8-17(3,4)18/h5-7,22H,8,18H2,1-4H3,(H,20,23). The number of nitrogens with two attached hydrogens (primary N) is 1. The van der Waals surface area contributed by atoms with Crippen LogP contribution in [0.2, 0.25) is 0 Å². The molecular formula is C17H21N5OS. The van der Waals surface area contributed by atoms with Crippen molar-refractivity contribution in [1.82, 2.24) is 20.3 Å². The van der Waals surface area contributed by atoms with Gasteiger partial charge in [-0.15, -0.1) is 11.3 Å². The number of rotatable bonds is 4. The summed E-state index contributed by atoms with van der Waals surface area (Å²) in [7, 11) is 0. The van der Waals surface area contributed by atoms with Gasteiger partial charge in [-0.05, 0) is 39.3 Å². The first-order valence-electron chi connectivity index (χ1n) is 7.73. The molecule has 0 aromatic carbocycles. The van der Waals surface area contributed by atoms with Crippen LogP contribution < -0.4 is 11.1 Å². The van der Waals surface area contributed by atoms with Crippen LogP contribution in [0.1, 0.15) is 34.8 Å². The zero-order valence-corrected chi connectivity index (χ0v) is 15.0. The summed E-state index contributed by atoms with van der Waals surface area (Å²) in [4.78, 5) is 25.5. The topological polar surface area (TPSA) is 96.7 Å². The van der Waals surface area contributed by atoms with E-state index in [-0.39, 0.29) is 11.6 Å². The fourth-order valence-corrected chi connectivity index (χ4v) is 3.45. The van der Waals surface area contributed by atoms with E-state index in [2.05, 4.69) is 40.2 Å². The average Bonchev–Trinajstić information content (AvgIpc) is 3.02. The van der Waals surface area contributed by atoms with E-state index in [0.717, 1.165) is 16.8 Å². The van der Waals surface area contributed by atoms with Gasteiger partial charge in [-0.25, -0.2) is 4.98 Å². The van der Waals surface area contributed by atoms with Gasteiger partial charge in [-0.3, -0.25) is 9.78 Å². The van der Waals surface area contributed by atoms with Crippen LogP contribution in [0.3, 0.4) is 0 Å². The van der Waals surface area contributed by atoms with Crippen LogP contribution in [-0.2, 0) is 0 Å². The molecule has 0 unspecified atom stereocenters. The highest BCUT2D eigenvalue weighted by Gasteiger charge is 2.17. The number of hydrogen-bond acceptors (Lipinski definition) is 5. The number of amides is 1. The SMILES string of the molecule is Cc1cc2[nH]c(-c3cncc(C(=O)NCC(C)(C)N)n3)c(C)c2s1. The quantitative estimate of drug-likeness (QED) is 0.678. The van der Waals surface area contributed by atoms with E-state index in [4.69, 9.17) is 5.73 Å². The lowest BCUT2D eigenvalue weighted by Gasteiger charge is -2.18. The summed E-state index contributed by atoms with van der Waals surface area (Å²) in [5.41, 5.74) is 9.47. The molecule has 24 heavy (non-hydrogen) atoms. The Morgan fingerprint density at radius 1 is 1.38 bits per heavy atom. The molecule has 4 N–H and O–H groups in total. The van der Waals surface area contributed by atoms with Crippen molar-refractivity contribution in [2.75, 3.05) is 6.54 Å². The Balaban J connectivity index is 1.90. The number of carbonyl (C=O) groups is 1. The Labute approximate surface area is 144 Å². The van der Waals surface area contributed by atoms with E-state index in [9.17, 15) is 4.79 Å². The van der Waals surface area contributed by atoms with Gasteiger partial charge in [-0.2, -0.15) is 0 Å². The summed E-state index contributed by atoms with van der Waals surface area (Å²) in [5.74, 6) is -0.273. The van der Waals surface area contributed by atoms with Crippen molar-refractivity contribution in [2.24, 2.45) is 5.73 Å². The van der Waals surface area contributed by atoms with Crippen LogP contribution >= 0.6 is 11.3 Å². The number of carbonyl (C=O) groups excluding carboxylic acids is 1. The summed E-state index contributed by atoms with van der Waals surface area (Å²) < 4.78 is 1.21. The lowest BCUT2D eigenvalue weighted by atomic mass is 10.1. The Morgan fingerprint density at radius 2 is 2.12 bits per heavy atom. The molecule has 1 amide bonds. The van der Waals surface area contributed by atoms with Crippen molar-refractivity contribution in [2.45, 2.75) is 33.2 Å². The van der Waals surface area contributed by atoms with Crippen LogP contribution in [-0.4, -0.2) is 32.9 Å². The first-order valence-corrected chi connectivity index (χ1v) is 8.54. The number of hydrogen-bond donors (Lipinski definition) is 3. The summed E-state index contributed by atoms with van der Waals surface area (Å²) in [5, 5.41) is 2.79. The molecular weight excluding hydrogens is 322 g/mol. The molecule has 0 saturated carbocycles. The van der Waals surface area contributed by atoms with Crippen molar-refractivity contribution in [3.63, 3.8) is 0 Å². The molecule has 0 bridgehead atoms. The molecule has 126 valence electrons. The van der Waals surface area contributed by atoms with Gasteiger partial charge in [0, 0.05) is 17.0 Å². The van der Waals surface area contributed by atoms with E-state index in [0.29, 0.717) is 12.2 Å². The number of fused-ring (bicyclic) bond motifs is 1. The van der Waals surface area contributed by atoms with Crippen molar-refractivity contribution >= 4 is 27.5 Å². The maximum Gasteiger partial charge on any atom is 0.271 e. The molecule has 0 spiro atoms. The number of nitrogens with zero attached hydrogens (tertiary/aromatic N) is 2. The Morgan fingerprint density at radius 3 is 2.79 bits per heavy atom. The van der Waals surface area contributed by atoms with Gasteiger partial charge in [0.05, 0.1) is 28.3 Å². The molecule has 3 heterocycles. The van der Waals surface area contributed by atoms with E-state index in [1.165, 1.54) is 15.8 Å². The third kappa shape index (κ3) is 3.32. The molecule has 0 radical (unpaired) electrons. The minimum Gasteiger partial charge on any atom is -0.352 e. The second-order valence-corrected chi connectivity index (χ2v) is 7.94. The van der Waals surface area contributed by atoms with Crippen LogP contribution in [0.4, 0.5) is 0 Å². The van der Waals surface area contributed by atoms with Crippen LogP contribution in [0, 0.1) is 13.8 Å².